The zero-order valence-electron chi connectivity index (χ0n) is 14.0. The van der Waals surface area contributed by atoms with Crippen LogP contribution in [0.2, 0.25) is 0 Å². The zero-order chi connectivity index (χ0) is 15.6. The topological polar surface area (TPSA) is 85.1 Å². The van der Waals surface area contributed by atoms with Crippen molar-refractivity contribution in [2.24, 2.45) is 0 Å². The Balaban J connectivity index is 0.00000113. The summed E-state index contributed by atoms with van der Waals surface area (Å²) in [5.74, 6) is 1.36. The Morgan fingerprint density at radius 1 is 1.12 bits per heavy atom. The minimum absolute atomic E-state index is 0. The lowest BCUT2D eigenvalue weighted by molar-refractivity contribution is 0.342. The Hall–Kier alpha value is -1.60. The molecule has 4 N–H and O–H groups in total. The Kier molecular flexibility index (Phi) is 6.84. The molecule has 3 atom stereocenters. The van der Waals surface area contributed by atoms with Gasteiger partial charge in [0.15, 0.2) is 0 Å². The monoisotopic (exact) mass is 378 g/mol. The van der Waals surface area contributed by atoms with E-state index in [1.807, 2.05) is 30.2 Å². The summed E-state index contributed by atoms with van der Waals surface area (Å²) in [4.78, 5) is 12.6. The highest BCUT2D eigenvalue weighted by Crippen LogP contribution is 2.37. The SMILES string of the molecule is CSC1CC(c2ncc3[nH]ccc3n2)CC(c2ccccc2)N1.Cl.O. The van der Waals surface area contributed by atoms with E-state index in [9.17, 15) is 0 Å². The molecule has 5 nitrogen and oxygen atoms in total. The Morgan fingerprint density at radius 3 is 2.68 bits per heavy atom. The van der Waals surface area contributed by atoms with Crippen LogP contribution in [-0.2, 0) is 0 Å². The van der Waals surface area contributed by atoms with Crippen LogP contribution < -0.4 is 5.32 Å². The van der Waals surface area contributed by atoms with Gasteiger partial charge in [0.1, 0.15) is 5.82 Å². The third-order valence-corrected chi connectivity index (χ3v) is 5.47. The van der Waals surface area contributed by atoms with Crippen LogP contribution in [0.1, 0.15) is 36.2 Å². The van der Waals surface area contributed by atoms with Gasteiger partial charge in [0.2, 0.25) is 0 Å². The van der Waals surface area contributed by atoms with E-state index in [1.54, 1.807) is 0 Å². The third-order valence-electron chi connectivity index (χ3n) is 4.57. The van der Waals surface area contributed by atoms with Crippen molar-refractivity contribution in [1.29, 1.82) is 0 Å². The number of hydrogen-bond donors (Lipinski definition) is 2. The number of rotatable bonds is 3. The van der Waals surface area contributed by atoms with Gasteiger partial charge in [-0.1, -0.05) is 30.3 Å². The Labute approximate surface area is 157 Å². The fourth-order valence-electron chi connectivity index (χ4n) is 3.35. The van der Waals surface area contributed by atoms with Crippen molar-refractivity contribution in [2.75, 3.05) is 6.26 Å². The molecule has 1 aromatic carbocycles. The number of halogens is 1. The first-order valence-corrected chi connectivity index (χ1v) is 9.26. The van der Waals surface area contributed by atoms with E-state index >= 15 is 0 Å². The number of aromatic amines is 1. The van der Waals surface area contributed by atoms with Gasteiger partial charge in [0.05, 0.1) is 22.6 Å². The van der Waals surface area contributed by atoms with E-state index < -0.39 is 0 Å². The van der Waals surface area contributed by atoms with E-state index in [-0.39, 0.29) is 17.9 Å². The molecule has 1 aliphatic rings. The normalized spacial score (nSPS) is 22.8. The number of nitrogens with one attached hydrogen (secondary N) is 2. The van der Waals surface area contributed by atoms with E-state index in [4.69, 9.17) is 4.98 Å². The highest BCUT2D eigenvalue weighted by atomic mass is 35.5. The maximum Gasteiger partial charge on any atom is 0.132 e. The summed E-state index contributed by atoms with van der Waals surface area (Å²) in [6.07, 6.45) is 8.10. The first-order valence-electron chi connectivity index (χ1n) is 7.97. The summed E-state index contributed by atoms with van der Waals surface area (Å²) in [5.41, 5.74) is 3.35. The largest absolute Gasteiger partial charge is 0.412 e. The van der Waals surface area contributed by atoms with Gasteiger partial charge in [-0.05, 0) is 30.7 Å². The van der Waals surface area contributed by atoms with Crippen molar-refractivity contribution < 1.29 is 5.48 Å². The van der Waals surface area contributed by atoms with Gasteiger partial charge in [-0.25, -0.2) is 9.97 Å². The fraction of sp³-hybridized carbons (Fsp3) is 0.333. The zero-order valence-corrected chi connectivity index (χ0v) is 15.6. The van der Waals surface area contributed by atoms with Crippen molar-refractivity contribution in [1.82, 2.24) is 20.3 Å². The second-order valence-corrected chi connectivity index (χ2v) is 7.07. The van der Waals surface area contributed by atoms with Gasteiger partial charge < -0.3 is 10.5 Å². The van der Waals surface area contributed by atoms with Gasteiger partial charge in [-0.3, -0.25) is 5.32 Å². The molecule has 3 heterocycles. The molecule has 134 valence electrons. The van der Waals surface area contributed by atoms with Crippen molar-refractivity contribution in [3.8, 4) is 0 Å². The van der Waals surface area contributed by atoms with Crippen LogP contribution in [-0.4, -0.2) is 32.1 Å². The maximum atomic E-state index is 4.78. The quantitative estimate of drug-likeness (QED) is 0.730. The van der Waals surface area contributed by atoms with Crippen LogP contribution in [0.15, 0.2) is 48.8 Å². The van der Waals surface area contributed by atoms with Crippen LogP contribution in [0, 0.1) is 0 Å². The van der Waals surface area contributed by atoms with Gasteiger partial charge in [-0.15, -0.1) is 24.2 Å². The van der Waals surface area contributed by atoms with E-state index in [1.165, 1.54) is 5.56 Å². The molecule has 1 fully saturated rings. The Bertz CT molecular complexity index is 798. The number of thioether (sulfide) groups is 1. The number of aromatic nitrogens is 3. The summed E-state index contributed by atoms with van der Waals surface area (Å²) in [5, 5.41) is 4.19. The summed E-state index contributed by atoms with van der Waals surface area (Å²) in [7, 11) is 0. The molecular weight excluding hydrogens is 356 g/mol. The average molecular weight is 379 g/mol. The second-order valence-electron chi connectivity index (χ2n) is 6.03. The maximum absolute atomic E-state index is 4.78. The molecule has 0 aliphatic carbocycles. The first kappa shape index (κ1) is 19.7. The number of H-pyrrole nitrogens is 1. The molecule has 0 radical (unpaired) electrons. The summed E-state index contributed by atoms with van der Waals surface area (Å²) < 4.78 is 0. The fourth-order valence-corrected chi connectivity index (χ4v) is 4.07. The van der Waals surface area contributed by atoms with Crippen LogP contribution in [0.5, 0.6) is 0 Å². The molecule has 1 saturated heterocycles. The Morgan fingerprint density at radius 2 is 1.92 bits per heavy atom. The number of nitrogens with zero attached hydrogens (tertiary/aromatic N) is 2. The highest BCUT2D eigenvalue weighted by Gasteiger charge is 2.31. The predicted molar refractivity (Wildman–Crippen MR) is 106 cm³/mol. The molecule has 2 aromatic heterocycles. The van der Waals surface area contributed by atoms with Gasteiger partial charge in [0.25, 0.3) is 0 Å². The molecule has 25 heavy (non-hydrogen) atoms. The van der Waals surface area contributed by atoms with Gasteiger partial charge in [-0.2, -0.15) is 0 Å². The molecule has 0 saturated carbocycles. The molecule has 0 bridgehead atoms. The molecule has 0 amide bonds. The average Bonchev–Trinajstić information content (AvgIpc) is 3.09. The lowest BCUT2D eigenvalue weighted by Crippen LogP contribution is -2.38. The number of hydrogen-bond acceptors (Lipinski definition) is 4. The summed E-state index contributed by atoms with van der Waals surface area (Å²) >= 11 is 1.88. The van der Waals surface area contributed by atoms with Crippen molar-refractivity contribution in [2.45, 2.75) is 30.2 Å². The van der Waals surface area contributed by atoms with E-state index in [0.29, 0.717) is 17.3 Å². The number of benzene rings is 1. The predicted octanol–water partition coefficient (Wildman–Crippen LogP) is 3.45. The van der Waals surface area contributed by atoms with Crippen LogP contribution in [0.3, 0.4) is 0 Å². The molecule has 1 aliphatic heterocycles. The summed E-state index contributed by atoms with van der Waals surface area (Å²) in [6.45, 7) is 0. The van der Waals surface area contributed by atoms with Crippen LogP contribution in [0.25, 0.3) is 11.0 Å². The minimum atomic E-state index is 0. The summed E-state index contributed by atoms with van der Waals surface area (Å²) in [6, 6.07) is 13.1. The molecule has 0 spiro atoms. The van der Waals surface area contributed by atoms with E-state index in [2.05, 4.69) is 51.9 Å². The van der Waals surface area contributed by atoms with Crippen LogP contribution in [0.4, 0.5) is 0 Å². The molecule has 3 aromatic rings. The first-order chi connectivity index (χ1) is 11.3. The van der Waals surface area contributed by atoms with Gasteiger partial charge in [0, 0.05) is 18.2 Å². The van der Waals surface area contributed by atoms with E-state index in [0.717, 1.165) is 29.7 Å². The molecule has 7 heteroatoms. The second kappa shape index (κ2) is 8.67. The number of piperidine rings is 1. The number of fused-ring (bicyclic) bond motifs is 1. The minimum Gasteiger partial charge on any atom is -0.412 e. The lowest BCUT2D eigenvalue weighted by Gasteiger charge is -2.35. The molecule has 4 rings (SSSR count). The smallest absolute Gasteiger partial charge is 0.132 e. The van der Waals surface area contributed by atoms with Crippen molar-refractivity contribution in [3.63, 3.8) is 0 Å². The van der Waals surface area contributed by atoms with Gasteiger partial charge >= 0.3 is 0 Å². The van der Waals surface area contributed by atoms with Crippen molar-refractivity contribution in [3.05, 3.63) is 60.2 Å². The highest BCUT2D eigenvalue weighted by molar-refractivity contribution is 7.99. The van der Waals surface area contributed by atoms with Crippen molar-refractivity contribution >= 4 is 35.2 Å². The standard InChI is InChI=1S/C18H20N4S.ClH.H2O/c1-23-17-10-13(9-15(21-17)12-5-3-2-4-6-12)18-20-11-16-14(22-18)7-8-19-16;;/h2-8,11,13,15,17,19,21H,9-10H2,1H3;1H;1H2. The molecular formula is C18H23ClN4OS. The van der Waals surface area contributed by atoms with Crippen LogP contribution >= 0.6 is 24.2 Å². The lowest BCUT2D eigenvalue weighted by atomic mass is 9.88. The third kappa shape index (κ3) is 4.15. The molecule has 3 unspecified atom stereocenters.